The average Bonchev–Trinajstić information content (AvgIpc) is 3.09. The molecule has 0 bridgehead atoms. The quantitative estimate of drug-likeness (QED) is 0.853. The first-order chi connectivity index (χ1) is 11.6. The molecule has 1 aromatic heterocycles. The number of hydrogen-bond donors (Lipinski definition) is 1. The number of hydrogen-bond acceptors (Lipinski definition) is 5. The van der Waals surface area contributed by atoms with Gasteiger partial charge in [-0.1, -0.05) is 12.1 Å². The Morgan fingerprint density at radius 3 is 2.62 bits per heavy atom. The van der Waals surface area contributed by atoms with E-state index in [1.54, 1.807) is 18.2 Å². The standard InChI is InChI=1S/C18H20FNO4/c1-22-17(21)15-6-9-24-16(15)12-20-18(7-10-23-11-8-18)13-2-4-14(19)5-3-13/h2-6,9,20H,7-8,10-12H2,1H3. The smallest absolute Gasteiger partial charge is 0.341 e. The van der Waals surface area contributed by atoms with Gasteiger partial charge in [0.1, 0.15) is 17.1 Å². The Hall–Kier alpha value is -2.18. The van der Waals surface area contributed by atoms with Crippen molar-refractivity contribution in [3.05, 3.63) is 59.3 Å². The summed E-state index contributed by atoms with van der Waals surface area (Å²) in [5.41, 5.74) is 1.07. The second kappa shape index (κ2) is 7.15. The summed E-state index contributed by atoms with van der Waals surface area (Å²) in [6, 6.07) is 8.09. The molecular weight excluding hydrogens is 313 g/mol. The van der Waals surface area contributed by atoms with Crippen molar-refractivity contribution in [2.45, 2.75) is 24.9 Å². The lowest BCUT2D eigenvalue weighted by molar-refractivity contribution is 0.0348. The molecule has 128 valence electrons. The molecule has 0 radical (unpaired) electrons. The number of rotatable bonds is 5. The van der Waals surface area contributed by atoms with Gasteiger partial charge in [-0.05, 0) is 36.6 Å². The summed E-state index contributed by atoms with van der Waals surface area (Å²) >= 11 is 0. The highest BCUT2D eigenvalue weighted by Crippen LogP contribution is 2.33. The number of nitrogens with one attached hydrogen (secondary N) is 1. The van der Waals surface area contributed by atoms with E-state index in [1.165, 1.54) is 25.5 Å². The Labute approximate surface area is 139 Å². The predicted molar refractivity (Wildman–Crippen MR) is 85.0 cm³/mol. The van der Waals surface area contributed by atoms with Gasteiger partial charge in [-0.15, -0.1) is 0 Å². The Bertz CT molecular complexity index is 689. The maximum atomic E-state index is 13.3. The molecule has 0 atom stereocenters. The van der Waals surface area contributed by atoms with Crippen molar-refractivity contribution in [3.8, 4) is 0 Å². The molecule has 2 heterocycles. The largest absolute Gasteiger partial charge is 0.467 e. The van der Waals surface area contributed by atoms with Crippen molar-refractivity contribution < 1.29 is 23.1 Å². The van der Waals surface area contributed by atoms with E-state index < -0.39 is 5.97 Å². The highest BCUT2D eigenvalue weighted by Gasteiger charge is 2.34. The minimum Gasteiger partial charge on any atom is -0.467 e. The van der Waals surface area contributed by atoms with E-state index in [1.807, 2.05) is 0 Å². The lowest BCUT2D eigenvalue weighted by atomic mass is 9.82. The lowest BCUT2D eigenvalue weighted by Crippen LogP contribution is -2.46. The molecule has 0 amide bonds. The first-order valence-corrected chi connectivity index (χ1v) is 7.88. The molecule has 0 unspecified atom stereocenters. The molecule has 2 aromatic rings. The molecule has 1 saturated heterocycles. The molecule has 1 aliphatic rings. The van der Waals surface area contributed by atoms with Crippen LogP contribution >= 0.6 is 0 Å². The number of methoxy groups -OCH3 is 1. The van der Waals surface area contributed by atoms with Crippen molar-refractivity contribution in [1.82, 2.24) is 5.32 Å². The highest BCUT2D eigenvalue weighted by molar-refractivity contribution is 5.90. The van der Waals surface area contributed by atoms with Crippen LogP contribution in [-0.4, -0.2) is 26.3 Å². The lowest BCUT2D eigenvalue weighted by Gasteiger charge is -2.38. The third-order valence-corrected chi connectivity index (χ3v) is 4.48. The number of carbonyl (C=O) groups is 1. The van der Waals surface area contributed by atoms with Crippen molar-refractivity contribution in [2.24, 2.45) is 0 Å². The summed E-state index contributed by atoms with van der Waals surface area (Å²) < 4.78 is 28.9. The normalized spacial score (nSPS) is 16.8. The Kier molecular flexibility index (Phi) is 4.97. The Balaban J connectivity index is 1.82. The number of furan rings is 1. The van der Waals surface area contributed by atoms with Crippen LogP contribution in [-0.2, 0) is 21.6 Å². The first kappa shape index (κ1) is 16.7. The molecule has 0 spiro atoms. The molecule has 0 saturated carbocycles. The molecule has 6 heteroatoms. The van der Waals surface area contributed by atoms with E-state index in [-0.39, 0.29) is 11.4 Å². The predicted octanol–water partition coefficient (Wildman–Crippen LogP) is 3.00. The summed E-state index contributed by atoms with van der Waals surface area (Å²) in [6.45, 7) is 1.60. The van der Waals surface area contributed by atoms with Gasteiger partial charge in [0.25, 0.3) is 0 Å². The van der Waals surface area contributed by atoms with Gasteiger partial charge in [0.2, 0.25) is 0 Å². The van der Waals surface area contributed by atoms with E-state index >= 15 is 0 Å². The zero-order chi connectivity index (χ0) is 17.0. The minimum absolute atomic E-state index is 0.264. The molecule has 3 rings (SSSR count). The van der Waals surface area contributed by atoms with E-state index in [0.29, 0.717) is 31.1 Å². The van der Waals surface area contributed by atoms with Crippen LogP contribution in [0.25, 0.3) is 0 Å². The van der Waals surface area contributed by atoms with Crippen LogP contribution in [0.5, 0.6) is 0 Å². The van der Waals surface area contributed by atoms with Crippen LogP contribution in [0.4, 0.5) is 4.39 Å². The summed E-state index contributed by atoms with van der Waals surface area (Å²) in [5.74, 6) is -0.168. The number of benzene rings is 1. The molecule has 1 aliphatic heterocycles. The number of halogens is 1. The second-order valence-electron chi connectivity index (χ2n) is 5.80. The van der Waals surface area contributed by atoms with Crippen molar-refractivity contribution in [2.75, 3.05) is 20.3 Å². The van der Waals surface area contributed by atoms with Crippen LogP contribution in [0.15, 0.2) is 41.0 Å². The maximum Gasteiger partial charge on any atom is 0.341 e. The molecule has 0 aliphatic carbocycles. The minimum atomic E-state index is -0.427. The summed E-state index contributed by atoms with van der Waals surface area (Å²) in [6.07, 6.45) is 2.98. The molecule has 24 heavy (non-hydrogen) atoms. The average molecular weight is 333 g/mol. The van der Waals surface area contributed by atoms with Gasteiger partial charge >= 0.3 is 5.97 Å². The summed E-state index contributed by atoms with van der Waals surface area (Å²) in [7, 11) is 1.34. The third-order valence-electron chi connectivity index (χ3n) is 4.48. The number of esters is 1. The van der Waals surface area contributed by atoms with E-state index in [4.69, 9.17) is 13.9 Å². The van der Waals surface area contributed by atoms with Gasteiger partial charge in [-0.3, -0.25) is 0 Å². The van der Waals surface area contributed by atoms with Crippen LogP contribution in [0.3, 0.4) is 0 Å². The first-order valence-electron chi connectivity index (χ1n) is 7.88. The zero-order valence-corrected chi connectivity index (χ0v) is 13.5. The fourth-order valence-corrected chi connectivity index (χ4v) is 3.08. The van der Waals surface area contributed by atoms with Crippen LogP contribution in [0.2, 0.25) is 0 Å². The van der Waals surface area contributed by atoms with Crippen LogP contribution in [0.1, 0.15) is 34.5 Å². The monoisotopic (exact) mass is 333 g/mol. The highest BCUT2D eigenvalue weighted by atomic mass is 19.1. The topological polar surface area (TPSA) is 60.7 Å². The van der Waals surface area contributed by atoms with Crippen molar-refractivity contribution in [1.29, 1.82) is 0 Å². The second-order valence-corrected chi connectivity index (χ2v) is 5.80. The van der Waals surface area contributed by atoms with E-state index in [2.05, 4.69) is 5.32 Å². The molecule has 1 aromatic carbocycles. The Morgan fingerprint density at radius 2 is 1.96 bits per heavy atom. The number of carbonyl (C=O) groups excluding carboxylic acids is 1. The fraction of sp³-hybridized carbons (Fsp3) is 0.389. The van der Waals surface area contributed by atoms with Crippen molar-refractivity contribution in [3.63, 3.8) is 0 Å². The van der Waals surface area contributed by atoms with Crippen LogP contribution in [0, 0.1) is 5.82 Å². The Morgan fingerprint density at radius 1 is 1.25 bits per heavy atom. The van der Waals surface area contributed by atoms with E-state index in [9.17, 15) is 9.18 Å². The van der Waals surface area contributed by atoms with Gasteiger partial charge < -0.3 is 19.2 Å². The SMILES string of the molecule is COC(=O)c1ccoc1CNC1(c2ccc(F)cc2)CCOCC1. The zero-order valence-electron chi connectivity index (χ0n) is 13.5. The van der Waals surface area contributed by atoms with E-state index in [0.717, 1.165) is 18.4 Å². The molecular formula is C18H20FNO4. The molecule has 1 N–H and O–H groups in total. The van der Waals surface area contributed by atoms with Gasteiger partial charge in [0.15, 0.2) is 0 Å². The third kappa shape index (κ3) is 3.34. The molecule has 1 fully saturated rings. The summed E-state index contributed by atoms with van der Waals surface area (Å²) in [5, 5.41) is 3.49. The van der Waals surface area contributed by atoms with Gasteiger partial charge in [0.05, 0.1) is 19.9 Å². The van der Waals surface area contributed by atoms with Gasteiger partial charge in [-0.2, -0.15) is 0 Å². The number of ether oxygens (including phenoxy) is 2. The summed E-state index contributed by atoms with van der Waals surface area (Å²) in [4.78, 5) is 11.8. The van der Waals surface area contributed by atoms with Crippen molar-refractivity contribution >= 4 is 5.97 Å². The van der Waals surface area contributed by atoms with Gasteiger partial charge in [-0.25, -0.2) is 9.18 Å². The fourth-order valence-electron chi connectivity index (χ4n) is 3.08. The van der Waals surface area contributed by atoms with Gasteiger partial charge in [0, 0.05) is 18.8 Å². The molecule has 5 nitrogen and oxygen atoms in total. The maximum absolute atomic E-state index is 13.3. The van der Waals surface area contributed by atoms with Crippen LogP contribution < -0.4 is 5.32 Å².